The molecule has 1 aliphatic rings. The van der Waals surface area contributed by atoms with Gasteiger partial charge < -0.3 is 15.5 Å². The molecule has 2 aromatic carbocycles. The van der Waals surface area contributed by atoms with Crippen LogP contribution in [-0.4, -0.2) is 47.8 Å². The summed E-state index contributed by atoms with van der Waals surface area (Å²) in [4.78, 5) is 28.7. The molecule has 1 aliphatic heterocycles. The fourth-order valence-electron chi connectivity index (χ4n) is 3.09. The zero-order valence-corrected chi connectivity index (χ0v) is 15.3. The maximum atomic E-state index is 12.6. The monoisotopic (exact) mass is 371 g/mol. The van der Waals surface area contributed by atoms with Gasteiger partial charge in [-0.2, -0.15) is 0 Å². The third-order valence-corrected chi connectivity index (χ3v) is 5.00. The van der Waals surface area contributed by atoms with Crippen LogP contribution in [0.15, 0.2) is 48.5 Å². The van der Waals surface area contributed by atoms with Crippen LogP contribution in [0.3, 0.4) is 0 Å². The van der Waals surface area contributed by atoms with E-state index < -0.39 is 0 Å². The largest absolute Gasteiger partial charge is 0.339 e. The van der Waals surface area contributed by atoms with E-state index in [4.69, 9.17) is 17.3 Å². The summed E-state index contributed by atoms with van der Waals surface area (Å²) in [6, 6.07) is 14.8. The topological polar surface area (TPSA) is 66.6 Å². The molecular weight excluding hydrogens is 350 g/mol. The first kappa shape index (κ1) is 18.4. The molecule has 26 heavy (non-hydrogen) atoms. The molecule has 5 nitrogen and oxygen atoms in total. The molecule has 0 atom stereocenters. The minimum absolute atomic E-state index is 0.0153. The van der Waals surface area contributed by atoms with Gasteiger partial charge in [-0.15, -0.1) is 0 Å². The molecule has 0 aromatic heterocycles. The molecule has 0 unspecified atom stereocenters. The second kappa shape index (κ2) is 8.34. The molecule has 2 amide bonds. The van der Waals surface area contributed by atoms with E-state index in [1.54, 1.807) is 21.9 Å². The predicted octanol–water partition coefficient (Wildman–Crippen LogP) is 2.33. The summed E-state index contributed by atoms with van der Waals surface area (Å²) in [6.45, 7) is 2.53. The van der Waals surface area contributed by atoms with Crippen LogP contribution in [0.5, 0.6) is 0 Å². The normalized spacial score (nSPS) is 14.4. The van der Waals surface area contributed by atoms with E-state index in [0.717, 1.165) is 11.1 Å². The first-order valence-corrected chi connectivity index (χ1v) is 9.05. The number of hydrogen-bond donors (Lipinski definition) is 1. The number of carbonyl (C=O) groups is 2. The highest BCUT2D eigenvalue weighted by Crippen LogP contribution is 2.17. The molecule has 1 fully saturated rings. The van der Waals surface area contributed by atoms with Crippen molar-refractivity contribution in [2.24, 2.45) is 5.73 Å². The molecule has 3 rings (SSSR count). The molecule has 2 N–H and O–H groups in total. The highest BCUT2D eigenvalue weighted by molar-refractivity contribution is 6.31. The Hall–Kier alpha value is -2.37. The van der Waals surface area contributed by atoms with E-state index >= 15 is 0 Å². The van der Waals surface area contributed by atoms with Gasteiger partial charge >= 0.3 is 0 Å². The zero-order valence-electron chi connectivity index (χ0n) is 14.5. The van der Waals surface area contributed by atoms with Crippen molar-refractivity contribution in [3.63, 3.8) is 0 Å². The number of carbonyl (C=O) groups excluding carboxylic acids is 2. The summed E-state index contributed by atoms with van der Waals surface area (Å²) >= 11 is 6.13. The summed E-state index contributed by atoms with van der Waals surface area (Å²) in [5.74, 6) is 0.0221. The van der Waals surface area contributed by atoms with Crippen LogP contribution in [-0.2, 0) is 17.8 Å². The van der Waals surface area contributed by atoms with Crippen LogP contribution in [0.4, 0.5) is 0 Å². The third kappa shape index (κ3) is 4.23. The number of benzene rings is 2. The van der Waals surface area contributed by atoms with Gasteiger partial charge in [0.15, 0.2) is 0 Å². The smallest absolute Gasteiger partial charge is 0.253 e. The lowest BCUT2D eigenvalue weighted by Gasteiger charge is -2.35. The quantitative estimate of drug-likeness (QED) is 0.896. The van der Waals surface area contributed by atoms with Crippen LogP contribution >= 0.6 is 11.6 Å². The van der Waals surface area contributed by atoms with Crippen LogP contribution in [0.1, 0.15) is 21.5 Å². The van der Waals surface area contributed by atoms with Gasteiger partial charge in [0, 0.05) is 43.3 Å². The zero-order chi connectivity index (χ0) is 18.5. The first-order valence-electron chi connectivity index (χ1n) is 8.68. The van der Waals surface area contributed by atoms with E-state index in [1.807, 2.05) is 36.4 Å². The molecule has 1 saturated heterocycles. The molecule has 0 bridgehead atoms. The number of halogens is 1. The van der Waals surface area contributed by atoms with Gasteiger partial charge in [-0.3, -0.25) is 9.59 Å². The molecule has 0 spiro atoms. The average molecular weight is 372 g/mol. The predicted molar refractivity (Wildman–Crippen MR) is 102 cm³/mol. The minimum atomic E-state index is -0.0153. The van der Waals surface area contributed by atoms with Crippen LogP contribution in [0.25, 0.3) is 0 Å². The number of amides is 2. The Labute approximate surface area is 158 Å². The van der Waals surface area contributed by atoms with Crippen LogP contribution in [0.2, 0.25) is 5.02 Å². The van der Waals surface area contributed by atoms with Crippen molar-refractivity contribution in [1.29, 1.82) is 0 Å². The first-order chi connectivity index (χ1) is 12.6. The van der Waals surface area contributed by atoms with Gasteiger partial charge in [-0.25, -0.2) is 0 Å². The van der Waals surface area contributed by atoms with Crippen molar-refractivity contribution in [1.82, 2.24) is 9.80 Å². The Morgan fingerprint density at radius 1 is 0.962 bits per heavy atom. The standard InChI is InChI=1S/C20H22ClN3O2/c21-18-7-2-1-5-16(18)13-19(25)23-8-10-24(11-9-23)20(26)17-6-3-4-15(12-17)14-22/h1-7,12H,8-11,13-14,22H2. The summed E-state index contributed by atoms with van der Waals surface area (Å²) in [5, 5.41) is 0.606. The van der Waals surface area contributed by atoms with Crippen molar-refractivity contribution >= 4 is 23.4 Å². The van der Waals surface area contributed by atoms with Crippen molar-refractivity contribution in [3.8, 4) is 0 Å². The average Bonchev–Trinajstić information content (AvgIpc) is 2.69. The Balaban J connectivity index is 1.57. The van der Waals surface area contributed by atoms with Gasteiger partial charge in [0.05, 0.1) is 6.42 Å². The number of nitrogens with zero attached hydrogens (tertiary/aromatic N) is 2. The fraction of sp³-hybridized carbons (Fsp3) is 0.300. The van der Waals surface area contributed by atoms with E-state index in [9.17, 15) is 9.59 Å². The minimum Gasteiger partial charge on any atom is -0.339 e. The van der Waals surface area contributed by atoms with E-state index in [-0.39, 0.29) is 18.2 Å². The lowest BCUT2D eigenvalue weighted by atomic mass is 10.1. The van der Waals surface area contributed by atoms with E-state index in [1.165, 1.54) is 0 Å². The van der Waals surface area contributed by atoms with Crippen molar-refractivity contribution in [2.45, 2.75) is 13.0 Å². The molecular formula is C20H22ClN3O2. The number of hydrogen-bond acceptors (Lipinski definition) is 3. The van der Waals surface area contributed by atoms with E-state index in [0.29, 0.717) is 43.3 Å². The van der Waals surface area contributed by atoms with Gasteiger partial charge in [0.1, 0.15) is 0 Å². The van der Waals surface area contributed by atoms with Crippen LogP contribution in [0, 0.1) is 0 Å². The molecule has 0 radical (unpaired) electrons. The molecule has 2 aromatic rings. The van der Waals surface area contributed by atoms with Gasteiger partial charge in [-0.1, -0.05) is 41.9 Å². The van der Waals surface area contributed by atoms with Crippen molar-refractivity contribution in [3.05, 3.63) is 70.2 Å². The Bertz CT molecular complexity index is 801. The summed E-state index contributed by atoms with van der Waals surface area (Å²) in [6.07, 6.45) is 0.284. The lowest BCUT2D eigenvalue weighted by molar-refractivity contribution is -0.131. The maximum Gasteiger partial charge on any atom is 0.253 e. The molecule has 1 heterocycles. The molecule has 0 saturated carbocycles. The molecule has 6 heteroatoms. The van der Waals surface area contributed by atoms with Crippen molar-refractivity contribution < 1.29 is 9.59 Å². The van der Waals surface area contributed by atoms with Gasteiger partial charge in [-0.05, 0) is 29.3 Å². The van der Waals surface area contributed by atoms with Gasteiger partial charge in [0.2, 0.25) is 5.91 Å². The molecule has 0 aliphatic carbocycles. The maximum absolute atomic E-state index is 12.6. The second-order valence-corrected chi connectivity index (χ2v) is 6.75. The number of rotatable bonds is 4. The fourth-order valence-corrected chi connectivity index (χ4v) is 3.29. The highest BCUT2D eigenvalue weighted by atomic mass is 35.5. The number of nitrogens with two attached hydrogens (primary N) is 1. The van der Waals surface area contributed by atoms with Gasteiger partial charge in [0.25, 0.3) is 5.91 Å². The molecule has 136 valence electrons. The van der Waals surface area contributed by atoms with Crippen molar-refractivity contribution in [2.75, 3.05) is 26.2 Å². The summed E-state index contributed by atoms with van der Waals surface area (Å²) in [5.41, 5.74) is 8.05. The second-order valence-electron chi connectivity index (χ2n) is 6.35. The third-order valence-electron chi connectivity index (χ3n) is 4.63. The van der Waals surface area contributed by atoms with Crippen LogP contribution < -0.4 is 5.73 Å². The Morgan fingerprint density at radius 3 is 2.35 bits per heavy atom. The Kier molecular flexibility index (Phi) is 5.91. The lowest BCUT2D eigenvalue weighted by Crippen LogP contribution is -2.51. The summed E-state index contributed by atoms with van der Waals surface area (Å²) in [7, 11) is 0. The number of piperazine rings is 1. The Morgan fingerprint density at radius 2 is 1.65 bits per heavy atom. The summed E-state index contributed by atoms with van der Waals surface area (Å²) < 4.78 is 0. The van der Waals surface area contributed by atoms with E-state index in [2.05, 4.69) is 0 Å². The highest BCUT2D eigenvalue weighted by Gasteiger charge is 2.25. The SMILES string of the molecule is NCc1cccc(C(=O)N2CCN(C(=O)Cc3ccccc3Cl)CC2)c1.